The van der Waals surface area contributed by atoms with E-state index >= 15 is 0 Å². The summed E-state index contributed by atoms with van der Waals surface area (Å²) in [5, 5.41) is 3.85. The van der Waals surface area contributed by atoms with E-state index in [9.17, 15) is 0 Å². The average molecular weight is 181 g/mol. The van der Waals surface area contributed by atoms with Crippen molar-refractivity contribution in [2.45, 2.75) is 70.4 Å². The molecule has 0 aliphatic heterocycles. The average Bonchev–Trinajstić information content (AvgIpc) is 2.53. The lowest BCUT2D eigenvalue weighted by atomic mass is 9.94. The van der Waals surface area contributed by atoms with E-state index in [-0.39, 0.29) is 0 Å². The Morgan fingerprint density at radius 3 is 2.23 bits per heavy atom. The highest BCUT2D eigenvalue weighted by Gasteiger charge is 2.24. The molecule has 0 amide bonds. The molecule has 2 fully saturated rings. The lowest BCUT2D eigenvalue weighted by Crippen LogP contribution is -2.38. The molecule has 2 aliphatic rings. The maximum Gasteiger partial charge on any atom is 0.00722 e. The monoisotopic (exact) mass is 181 g/mol. The fourth-order valence-electron chi connectivity index (χ4n) is 2.96. The van der Waals surface area contributed by atoms with Gasteiger partial charge in [-0.25, -0.2) is 0 Å². The predicted octanol–water partition coefficient (Wildman–Crippen LogP) is 3.10. The third kappa shape index (κ3) is 2.70. The maximum atomic E-state index is 3.85. The van der Waals surface area contributed by atoms with E-state index in [1.54, 1.807) is 0 Å². The SMILES string of the molecule is C[C@@H]1CC[C@H](NC2CCCCC2)C1. The van der Waals surface area contributed by atoms with Crippen LogP contribution in [0.1, 0.15) is 58.3 Å². The van der Waals surface area contributed by atoms with Crippen molar-refractivity contribution in [3.63, 3.8) is 0 Å². The van der Waals surface area contributed by atoms with Gasteiger partial charge in [-0.3, -0.25) is 0 Å². The molecule has 0 radical (unpaired) electrons. The third-order valence-electron chi connectivity index (χ3n) is 3.77. The van der Waals surface area contributed by atoms with E-state index in [2.05, 4.69) is 12.2 Å². The molecule has 0 heterocycles. The second-order valence-electron chi connectivity index (χ2n) is 5.12. The van der Waals surface area contributed by atoms with Crippen molar-refractivity contribution in [3.8, 4) is 0 Å². The van der Waals surface area contributed by atoms with Gasteiger partial charge in [0.15, 0.2) is 0 Å². The Kier molecular flexibility index (Phi) is 3.26. The van der Waals surface area contributed by atoms with Crippen LogP contribution in [0, 0.1) is 5.92 Å². The molecule has 0 aromatic carbocycles. The summed E-state index contributed by atoms with van der Waals surface area (Å²) in [6.07, 6.45) is 11.6. The van der Waals surface area contributed by atoms with Crippen LogP contribution in [-0.2, 0) is 0 Å². The topological polar surface area (TPSA) is 12.0 Å². The van der Waals surface area contributed by atoms with Crippen molar-refractivity contribution in [1.29, 1.82) is 0 Å². The standard InChI is InChI=1S/C12H23N/c1-10-7-8-12(9-10)13-11-5-3-2-4-6-11/h10-13H,2-9H2,1H3/t10-,12+/m1/s1. The summed E-state index contributed by atoms with van der Waals surface area (Å²) < 4.78 is 0. The Bertz CT molecular complexity index is 146. The van der Waals surface area contributed by atoms with E-state index in [1.165, 1.54) is 51.4 Å². The van der Waals surface area contributed by atoms with Crippen molar-refractivity contribution in [2.24, 2.45) is 5.92 Å². The first-order chi connectivity index (χ1) is 6.34. The molecule has 0 spiro atoms. The fraction of sp³-hybridized carbons (Fsp3) is 1.00. The molecule has 1 heteroatoms. The van der Waals surface area contributed by atoms with Crippen molar-refractivity contribution >= 4 is 0 Å². The zero-order valence-electron chi connectivity index (χ0n) is 8.89. The number of rotatable bonds is 2. The molecule has 2 saturated carbocycles. The molecule has 1 nitrogen and oxygen atoms in total. The Hall–Kier alpha value is -0.0400. The zero-order valence-corrected chi connectivity index (χ0v) is 8.89. The molecule has 76 valence electrons. The molecular formula is C12H23N. The van der Waals surface area contributed by atoms with Crippen LogP contribution in [0.4, 0.5) is 0 Å². The molecule has 2 rings (SSSR count). The molecule has 1 N–H and O–H groups in total. The fourth-order valence-corrected chi connectivity index (χ4v) is 2.96. The minimum atomic E-state index is 0.859. The summed E-state index contributed by atoms with van der Waals surface area (Å²) in [6.45, 7) is 2.39. The molecule has 0 saturated heterocycles. The molecule has 2 aliphatic carbocycles. The van der Waals surface area contributed by atoms with Crippen LogP contribution in [0.5, 0.6) is 0 Å². The van der Waals surface area contributed by atoms with E-state index in [4.69, 9.17) is 0 Å². The van der Waals surface area contributed by atoms with Gasteiger partial charge in [-0.15, -0.1) is 0 Å². The van der Waals surface area contributed by atoms with Crippen LogP contribution in [0.3, 0.4) is 0 Å². The van der Waals surface area contributed by atoms with Crippen LogP contribution in [0.2, 0.25) is 0 Å². The normalized spacial score (nSPS) is 36.7. The van der Waals surface area contributed by atoms with Gasteiger partial charge in [-0.05, 0) is 38.0 Å². The summed E-state index contributed by atoms with van der Waals surface area (Å²) in [4.78, 5) is 0. The van der Waals surface area contributed by atoms with Gasteiger partial charge in [0.2, 0.25) is 0 Å². The Morgan fingerprint density at radius 1 is 0.846 bits per heavy atom. The van der Waals surface area contributed by atoms with E-state index in [1.807, 2.05) is 0 Å². The smallest absolute Gasteiger partial charge is 0.00722 e. The second kappa shape index (κ2) is 4.45. The Labute approximate surface area is 82.3 Å². The minimum Gasteiger partial charge on any atom is -0.311 e. The van der Waals surface area contributed by atoms with Crippen molar-refractivity contribution in [3.05, 3.63) is 0 Å². The molecular weight excluding hydrogens is 158 g/mol. The van der Waals surface area contributed by atoms with Gasteiger partial charge in [0.25, 0.3) is 0 Å². The number of hydrogen-bond acceptors (Lipinski definition) is 1. The summed E-state index contributed by atoms with van der Waals surface area (Å²) in [7, 11) is 0. The van der Waals surface area contributed by atoms with Crippen LogP contribution < -0.4 is 5.32 Å². The largest absolute Gasteiger partial charge is 0.311 e. The zero-order chi connectivity index (χ0) is 9.10. The van der Waals surface area contributed by atoms with Crippen molar-refractivity contribution in [2.75, 3.05) is 0 Å². The van der Waals surface area contributed by atoms with Crippen LogP contribution in [-0.4, -0.2) is 12.1 Å². The first-order valence-corrected chi connectivity index (χ1v) is 6.10. The highest BCUT2D eigenvalue weighted by molar-refractivity contribution is 4.83. The van der Waals surface area contributed by atoms with Gasteiger partial charge in [-0.2, -0.15) is 0 Å². The molecule has 0 aromatic heterocycles. The number of hydrogen-bond donors (Lipinski definition) is 1. The Morgan fingerprint density at radius 2 is 1.62 bits per heavy atom. The van der Waals surface area contributed by atoms with Gasteiger partial charge in [-0.1, -0.05) is 26.2 Å². The van der Waals surface area contributed by atoms with Crippen molar-refractivity contribution in [1.82, 2.24) is 5.32 Å². The first kappa shape index (κ1) is 9.51. The quantitative estimate of drug-likeness (QED) is 0.690. The lowest BCUT2D eigenvalue weighted by Gasteiger charge is -2.26. The van der Waals surface area contributed by atoms with E-state index in [0.29, 0.717) is 0 Å². The van der Waals surface area contributed by atoms with Crippen molar-refractivity contribution < 1.29 is 0 Å². The van der Waals surface area contributed by atoms with Gasteiger partial charge in [0.05, 0.1) is 0 Å². The summed E-state index contributed by atoms with van der Waals surface area (Å²) in [5.74, 6) is 0.973. The molecule has 13 heavy (non-hydrogen) atoms. The highest BCUT2D eigenvalue weighted by atomic mass is 15.0. The van der Waals surface area contributed by atoms with E-state index < -0.39 is 0 Å². The lowest BCUT2D eigenvalue weighted by molar-refractivity contribution is 0.334. The first-order valence-electron chi connectivity index (χ1n) is 6.10. The Balaban J connectivity index is 1.71. The van der Waals surface area contributed by atoms with Gasteiger partial charge in [0.1, 0.15) is 0 Å². The second-order valence-corrected chi connectivity index (χ2v) is 5.12. The van der Waals surface area contributed by atoms with Crippen LogP contribution >= 0.6 is 0 Å². The molecule has 0 unspecified atom stereocenters. The summed E-state index contributed by atoms with van der Waals surface area (Å²) in [6, 6.07) is 1.72. The molecule has 0 bridgehead atoms. The van der Waals surface area contributed by atoms with Crippen LogP contribution in [0.15, 0.2) is 0 Å². The third-order valence-corrected chi connectivity index (χ3v) is 3.77. The predicted molar refractivity (Wildman–Crippen MR) is 56.8 cm³/mol. The summed E-state index contributed by atoms with van der Waals surface area (Å²) in [5.41, 5.74) is 0. The van der Waals surface area contributed by atoms with Gasteiger partial charge < -0.3 is 5.32 Å². The highest BCUT2D eigenvalue weighted by Crippen LogP contribution is 2.27. The van der Waals surface area contributed by atoms with E-state index in [0.717, 1.165) is 18.0 Å². The maximum absolute atomic E-state index is 3.85. The van der Waals surface area contributed by atoms with Gasteiger partial charge in [0, 0.05) is 12.1 Å². The van der Waals surface area contributed by atoms with Gasteiger partial charge >= 0.3 is 0 Å². The number of nitrogens with one attached hydrogen (secondary N) is 1. The molecule has 2 atom stereocenters. The minimum absolute atomic E-state index is 0.859. The van der Waals surface area contributed by atoms with Crippen LogP contribution in [0.25, 0.3) is 0 Å². The summed E-state index contributed by atoms with van der Waals surface area (Å²) >= 11 is 0. The molecule has 0 aromatic rings.